The summed E-state index contributed by atoms with van der Waals surface area (Å²) in [6, 6.07) is 15.7. The molecule has 102 valence electrons. The summed E-state index contributed by atoms with van der Waals surface area (Å²) in [6.45, 7) is 2.02. The number of rotatable bonds is 2. The molecule has 1 saturated heterocycles. The smallest absolute Gasteiger partial charge is 0.238 e. The average molecular weight is 304 g/mol. The third-order valence-corrected chi connectivity index (χ3v) is 4.95. The second-order valence-corrected chi connectivity index (χ2v) is 6.21. The van der Waals surface area contributed by atoms with E-state index in [1.807, 2.05) is 60.4 Å². The quantitative estimate of drug-likeness (QED) is 0.818. The molecule has 0 radical (unpaired) electrons. The van der Waals surface area contributed by atoms with E-state index in [4.69, 9.17) is 11.6 Å². The first-order chi connectivity index (χ1) is 9.68. The van der Waals surface area contributed by atoms with E-state index in [-0.39, 0.29) is 11.3 Å². The molecule has 0 spiro atoms. The number of carbonyl (C=O) groups is 1. The summed E-state index contributed by atoms with van der Waals surface area (Å²) in [7, 11) is 0. The molecule has 1 atom stereocenters. The minimum atomic E-state index is -0.0442. The van der Waals surface area contributed by atoms with Crippen LogP contribution in [-0.2, 0) is 4.79 Å². The van der Waals surface area contributed by atoms with Gasteiger partial charge in [0.25, 0.3) is 0 Å². The number of benzene rings is 2. The number of anilines is 1. The highest BCUT2D eigenvalue weighted by atomic mass is 35.5. The van der Waals surface area contributed by atoms with Crippen LogP contribution in [0.25, 0.3) is 0 Å². The van der Waals surface area contributed by atoms with Gasteiger partial charge in [0.05, 0.1) is 5.75 Å². The van der Waals surface area contributed by atoms with Crippen molar-refractivity contribution in [3.63, 3.8) is 0 Å². The van der Waals surface area contributed by atoms with Crippen LogP contribution in [0.4, 0.5) is 5.69 Å². The fourth-order valence-electron chi connectivity index (χ4n) is 2.42. The van der Waals surface area contributed by atoms with Crippen LogP contribution in [-0.4, -0.2) is 11.7 Å². The second-order valence-electron chi connectivity index (χ2n) is 4.74. The zero-order chi connectivity index (χ0) is 14.1. The normalized spacial score (nSPS) is 18.6. The Morgan fingerprint density at radius 3 is 2.60 bits per heavy atom. The summed E-state index contributed by atoms with van der Waals surface area (Å²) in [6.07, 6.45) is 0. The van der Waals surface area contributed by atoms with E-state index in [1.54, 1.807) is 11.8 Å². The molecule has 0 N–H and O–H groups in total. The molecule has 4 heteroatoms. The molecule has 1 aliphatic heterocycles. The van der Waals surface area contributed by atoms with Crippen molar-refractivity contribution in [2.45, 2.75) is 12.3 Å². The summed E-state index contributed by atoms with van der Waals surface area (Å²) in [5.74, 6) is 0.624. The third kappa shape index (κ3) is 2.32. The molecular formula is C16H14ClNOS. The molecule has 1 aliphatic rings. The third-order valence-electron chi connectivity index (χ3n) is 3.41. The van der Waals surface area contributed by atoms with Gasteiger partial charge in [0.2, 0.25) is 5.91 Å². The molecule has 2 aromatic carbocycles. The van der Waals surface area contributed by atoms with Crippen molar-refractivity contribution in [2.75, 3.05) is 10.7 Å². The Labute approximate surface area is 127 Å². The molecule has 3 rings (SSSR count). The molecule has 0 aliphatic carbocycles. The van der Waals surface area contributed by atoms with Crippen LogP contribution in [0.15, 0.2) is 48.5 Å². The SMILES string of the molecule is Cc1ccccc1N1C(=O)CS[C@H]1c1ccccc1Cl. The van der Waals surface area contributed by atoms with Crippen LogP contribution in [0.5, 0.6) is 0 Å². The van der Waals surface area contributed by atoms with Gasteiger partial charge >= 0.3 is 0 Å². The molecule has 0 bridgehead atoms. The first kappa shape index (κ1) is 13.5. The average Bonchev–Trinajstić information content (AvgIpc) is 2.82. The van der Waals surface area contributed by atoms with Crippen molar-refractivity contribution >= 4 is 35.0 Å². The van der Waals surface area contributed by atoms with Gasteiger partial charge in [-0.15, -0.1) is 11.8 Å². The number of hydrogen-bond acceptors (Lipinski definition) is 2. The van der Waals surface area contributed by atoms with E-state index in [0.717, 1.165) is 16.8 Å². The number of nitrogens with zero attached hydrogens (tertiary/aromatic N) is 1. The van der Waals surface area contributed by atoms with Gasteiger partial charge in [0.1, 0.15) is 5.37 Å². The maximum atomic E-state index is 12.3. The number of hydrogen-bond donors (Lipinski definition) is 0. The summed E-state index contributed by atoms with van der Waals surface area (Å²) in [5.41, 5.74) is 3.06. The summed E-state index contributed by atoms with van der Waals surface area (Å²) < 4.78 is 0. The molecule has 2 aromatic rings. The molecule has 1 heterocycles. The summed E-state index contributed by atoms with van der Waals surface area (Å²) in [4.78, 5) is 14.1. The monoisotopic (exact) mass is 303 g/mol. The maximum Gasteiger partial charge on any atom is 0.238 e. The molecule has 1 fully saturated rings. The molecule has 20 heavy (non-hydrogen) atoms. The predicted octanol–water partition coefficient (Wildman–Crippen LogP) is 4.43. The van der Waals surface area contributed by atoms with Gasteiger partial charge in [-0.1, -0.05) is 48.0 Å². The van der Waals surface area contributed by atoms with Crippen molar-refractivity contribution in [3.8, 4) is 0 Å². The minimum absolute atomic E-state index is 0.0442. The second kappa shape index (κ2) is 5.51. The lowest BCUT2D eigenvalue weighted by Crippen LogP contribution is -2.28. The van der Waals surface area contributed by atoms with Gasteiger partial charge in [0.15, 0.2) is 0 Å². The lowest BCUT2D eigenvalue weighted by atomic mass is 10.1. The highest BCUT2D eigenvalue weighted by Gasteiger charge is 2.35. The van der Waals surface area contributed by atoms with Crippen molar-refractivity contribution in [3.05, 3.63) is 64.7 Å². The highest BCUT2D eigenvalue weighted by Crippen LogP contribution is 2.44. The number of carbonyl (C=O) groups excluding carboxylic acids is 1. The van der Waals surface area contributed by atoms with Gasteiger partial charge in [0, 0.05) is 16.3 Å². The maximum absolute atomic E-state index is 12.3. The number of thioether (sulfide) groups is 1. The highest BCUT2D eigenvalue weighted by molar-refractivity contribution is 8.00. The van der Waals surface area contributed by atoms with Crippen LogP contribution in [0.3, 0.4) is 0 Å². The molecule has 0 aromatic heterocycles. The summed E-state index contributed by atoms with van der Waals surface area (Å²) in [5, 5.41) is 0.663. The molecule has 1 amide bonds. The lowest BCUT2D eigenvalue weighted by Gasteiger charge is -2.26. The van der Waals surface area contributed by atoms with Crippen LogP contribution in [0.1, 0.15) is 16.5 Å². The Balaban J connectivity index is 2.06. The molecular weight excluding hydrogens is 290 g/mol. The predicted molar refractivity (Wildman–Crippen MR) is 85.3 cm³/mol. The van der Waals surface area contributed by atoms with E-state index in [9.17, 15) is 4.79 Å². The standard InChI is InChI=1S/C16H14ClNOS/c1-11-6-2-5-9-14(11)18-15(19)10-20-16(18)12-7-3-4-8-13(12)17/h2-9,16H,10H2,1H3/t16-/m0/s1. The van der Waals surface area contributed by atoms with Crippen molar-refractivity contribution in [2.24, 2.45) is 0 Å². The minimum Gasteiger partial charge on any atom is -0.295 e. The Morgan fingerprint density at radius 1 is 1.15 bits per heavy atom. The first-order valence-corrected chi connectivity index (χ1v) is 7.85. The van der Waals surface area contributed by atoms with Crippen molar-refractivity contribution in [1.29, 1.82) is 0 Å². The van der Waals surface area contributed by atoms with E-state index in [1.165, 1.54) is 0 Å². The van der Waals surface area contributed by atoms with Crippen molar-refractivity contribution in [1.82, 2.24) is 0 Å². The van der Waals surface area contributed by atoms with Crippen LogP contribution in [0, 0.1) is 6.92 Å². The van der Waals surface area contributed by atoms with Gasteiger partial charge in [-0.2, -0.15) is 0 Å². The Bertz CT molecular complexity index is 658. The van der Waals surface area contributed by atoms with E-state index < -0.39 is 0 Å². The van der Waals surface area contributed by atoms with Gasteiger partial charge < -0.3 is 0 Å². The zero-order valence-electron chi connectivity index (χ0n) is 11.0. The molecule has 0 unspecified atom stereocenters. The van der Waals surface area contributed by atoms with Crippen LogP contribution < -0.4 is 4.90 Å². The fourth-order valence-corrected chi connectivity index (χ4v) is 3.93. The number of aryl methyl sites for hydroxylation is 1. The molecule has 0 saturated carbocycles. The Morgan fingerprint density at radius 2 is 1.85 bits per heavy atom. The van der Waals surface area contributed by atoms with E-state index in [2.05, 4.69) is 0 Å². The summed E-state index contributed by atoms with van der Waals surface area (Å²) >= 11 is 7.91. The number of halogens is 1. The first-order valence-electron chi connectivity index (χ1n) is 6.42. The largest absolute Gasteiger partial charge is 0.295 e. The van der Waals surface area contributed by atoms with Gasteiger partial charge in [-0.05, 0) is 24.6 Å². The van der Waals surface area contributed by atoms with E-state index in [0.29, 0.717) is 10.8 Å². The zero-order valence-corrected chi connectivity index (χ0v) is 12.6. The van der Waals surface area contributed by atoms with Crippen LogP contribution >= 0.6 is 23.4 Å². The van der Waals surface area contributed by atoms with Gasteiger partial charge in [-0.25, -0.2) is 0 Å². The van der Waals surface area contributed by atoms with Crippen LogP contribution in [0.2, 0.25) is 5.02 Å². The Kier molecular flexibility index (Phi) is 3.72. The fraction of sp³-hybridized carbons (Fsp3) is 0.188. The lowest BCUT2D eigenvalue weighted by molar-refractivity contribution is -0.115. The Hall–Kier alpha value is -1.45. The molecule has 2 nitrogen and oxygen atoms in total. The topological polar surface area (TPSA) is 20.3 Å². The van der Waals surface area contributed by atoms with Gasteiger partial charge in [-0.3, -0.25) is 9.69 Å². The number of para-hydroxylation sites is 1. The van der Waals surface area contributed by atoms with Crippen molar-refractivity contribution < 1.29 is 4.79 Å². The number of amides is 1. The van der Waals surface area contributed by atoms with E-state index >= 15 is 0 Å².